The number of carbonyl (C=O) groups excluding carboxylic acids is 2. The Morgan fingerprint density at radius 1 is 1.28 bits per heavy atom. The average molecular weight is 248 g/mol. The van der Waals surface area contributed by atoms with Crippen molar-refractivity contribution in [1.82, 2.24) is 4.90 Å². The molecule has 2 amide bonds. The first-order chi connectivity index (χ1) is 8.48. The van der Waals surface area contributed by atoms with Gasteiger partial charge in [-0.1, -0.05) is 20.3 Å². The van der Waals surface area contributed by atoms with E-state index >= 15 is 0 Å². The summed E-state index contributed by atoms with van der Waals surface area (Å²) >= 11 is 0. The molecule has 98 valence electrons. The van der Waals surface area contributed by atoms with Crippen LogP contribution < -0.4 is 0 Å². The van der Waals surface area contributed by atoms with Crippen LogP contribution in [0.3, 0.4) is 0 Å². The van der Waals surface area contributed by atoms with Gasteiger partial charge >= 0.3 is 0 Å². The Bertz CT molecular complexity index is 402. The topological polar surface area (TPSA) is 61.2 Å². The molecule has 1 saturated heterocycles. The number of hydrogen-bond donors (Lipinski definition) is 0. The summed E-state index contributed by atoms with van der Waals surface area (Å²) in [6.07, 6.45) is 3.13. The van der Waals surface area contributed by atoms with Crippen LogP contribution in [0.5, 0.6) is 0 Å². The number of fused-ring (bicyclic) bond motifs is 1. The lowest BCUT2D eigenvalue weighted by atomic mass is 9.97. The Kier molecular flexibility index (Phi) is 3.18. The van der Waals surface area contributed by atoms with Gasteiger partial charge in [0.1, 0.15) is 5.54 Å². The molecule has 0 aromatic heterocycles. The predicted octanol–water partition coefficient (Wildman–Crippen LogP) is 2.10. The Morgan fingerprint density at radius 3 is 2.11 bits per heavy atom. The molecule has 1 saturated carbocycles. The van der Waals surface area contributed by atoms with Gasteiger partial charge in [0.25, 0.3) is 0 Å². The molecule has 0 spiro atoms. The lowest BCUT2D eigenvalue weighted by molar-refractivity contribution is -0.145. The molecule has 3 unspecified atom stereocenters. The van der Waals surface area contributed by atoms with E-state index in [1.807, 2.05) is 6.92 Å². The van der Waals surface area contributed by atoms with Gasteiger partial charge in [-0.05, 0) is 32.1 Å². The van der Waals surface area contributed by atoms with Crippen LogP contribution in [-0.2, 0) is 9.59 Å². The summed E-state index contributed by atoms with van der Waals surface area (Å²) in [5.74, 6) is -0.0768. The van der Waals surface area contributed by atoms with E-state index in [0.29, 0.717) is 12.3 Å². The Labute approximate surface area is 108 Å². The van der Waals surface area contributed by atoms with Crippen LogP contribution in [0.25, 0.3) is 0 Å². The molecular formula is C14H20N2O2. The zero-order chi connectivity index (χ0) is 13.5. The molecule has 1 aliphatic carbocycles. The Morgan fingerprint density at radius 2 is 1.78 bits per heavy atom. The minimum atomic E-state index is -0.972. The largest absolute Gasteiger partial charge is 0.274 e. The smallest absolute Gasteiger partial charge is 0.234 e. The van der Waals surface area contributed by atoms with Crippen molar-refractivity contribution in [2.75, 3.05) is 0 Å². The number of nitrogens with zero attached hydrogens (tertiary/aromatic N) is 2. The highest BCUT2D eigenvalue weighted by Crippen LogP contribution is 2.46. The van der Waals surface area contributed by atoms with E-state index < -0.39 is 5.54 Å². The van der Waals surface area contributed by atoms with Gasteiger partial charge in [0.2, 0.25) is 11.8 Å². The number of hydrogen-bond acceptors (Lipinski definition) is 3. The molecule has 4 heteroatoms. The van der Waals surface area contributed by atoms with Gasteiger partial charge in [0.05, 0.1) is 17.9 Å². The third kappa shape index (κ3) is 1.65. The minimum absolute atomic E-state index is 0.119. The maximum absolute atomic E-state index is 12.4. The maximum atomic E-state index is 12.4. The van der Waals surface area contributed by atoms with Gasteiger partial charge < -0.3 is 0 Å². The number of nitriles is 1. The van der Waals surface area contributed by atoms with Crippen molar-refractivity contribution in [3.8, 4) is 6.07 Å². The third-order valence-electron chi connectivity index (χ3n) is 4.74. The van der Waals surface area contributed by atoms with E-state index in [1.165, 1.54) is 4.90 Å². The van der Waals surface area contributed by atoms with Crippen molar-refractivity contribution in [3.63, 3.8) is 0 Å². The summed E-state index contributed by atoms with van der Waals surface area (Å²) < 4.78 is 0. The van der Waals surface area contributed by atoms with Crippen LogP contribution in [0.4, 0.5) is 0 Å². The molecule has 0 aromatic rings. The Balaban J connectivity index is 2.28. The lowest BCUT2D eigenvalue weighted by Crippen LogP contribution is -2.49. The van der Waals surface area contributed by atoms with E-state index in [2.05, 4.69) is 13.0 Å². The molecule has 0 bridgehead atoms. The van der Waals surface area contributed by atoms with Crippen LogP contribution >= 0.6 is 0 Å². The molecule has 1 aliphatic heterocycles. The zero-order valence-corrected chi connectivity index (χ0v) is 11.3. The van der Waals surface area contributed by atoms with E-state index in [4.69, 9.17) is 0 Å². The molecule has 0 N–H and O–H groups in total. The molecule has 4 nitrogen and oxygen atoms in total. The molecule has 18 heavy (non-hydrogen) atoms. The molecule has 2 fully saturated rings. The first-order valence-electron chi connectivity index (χ1n) is 6.77. The summed E-state index contributed by atoms with van der Waals surface area (Å²) in [6, 6.07) is 2.13. The summed E-state index contributed by atoms with van der Waals surface area (Å²) in [6.45, 7) is 5.62. The number of carbonyl (C=O) groups is 2. The minimum Gasteiger partial charge on any atom is -0.274 e. The van der Waals surface area contributed by atoms with E-state index in [-0.39, 0.29) is 23.7 Å². The van der Waals surface area contributed by atoms with Crippen molar-refractivity contribution in [2.24, 2.45) is 17.8 Å². The van der Waals surface area contributed by atoms with Crippen LogP contribution in [0.1, 0.15) is 46.5 Å². The summed E-state index contributed by atoms with van der Waals surface area (Å²) in [4.78, 5) is 26.0. The summed E-state index contributed by atoms with van der Waals surface area (Å²) in [7, 11) is 0. The van der Waals surface area contributed by atoms with Crippen LogP contribution in [0, 0.1) is 29.1 Å². The molecule has 2 rings (SSSR count). The maximum Gasteiger partial charge on any atom is 0.234 e. The standard InChI is InChI=1S/C14H20N2O2/c1-4-9-6-10-11(7-9)13(18)16(12(10)17)14(3,5-2)8-15/h9-11H,4-7H2,1-3H3. The van der Waals surface area contributed by atoms with Crippen molar-refractivity contribution in [3.05, 3.63) is 0 Å². The summed E-state index contributed by atoms with van der Waals surface area (Å²) in [5, 5.41) is 9.25. The van der Waals surface area contributed by atoms with Crippen LogP contribution in [0.15, 0.2) is 0 Å². The fourth-order valence-corrected chi connectivity index (χ4v) is 3.24. The highest BCUT2D eigenvalue weighted by atomic mass is 16.2. The van der Waals surface area contributed by atoms with Crippen molar-refractivity contribution < 1.29 is 9.59 Å². The number of imide groups is 1. The second-order valence-electron chi connectivity index (χ2n) is 5.71. The van der Waals surface area contributed by atoms with E-state index in [0.717, 1.165) is 19.3 Å². The monoisotopic (exact) mass is 248 g/mol. The van der Waals surface area contributed by atoms with Crippen molar-refractivity contribution in [2.45, 2.75) is 52.0 Å². The van der Waals surface area contributed by atoms with Crippen molar-refractivity contribution >= 4 is 11.8 Å². The molecule has 0 aromatic carbocycles. The molecule has 2 aliphatic rings. The van der Waals surface area contributed by atoms with Gasteiger partial charge in [-0.2, -0.15) is 5.26 Å². The normalized spacial score (nSPS) is 34.3. The third-order valence-corrected chi connectivity index (χ3v) is 4.74. The fourth-order valence-electron chi connectivity index (χ4n) is 3.24. The van der Waals surface area contributed by atoms with E-state index in [9.17, 15) is 14.9 Å². The SMILES string of the molecule is CCC1CC2C(=O)N(C(C)(C#N)CC)C(=O)C2C1. The number of rotatable bonds is 3. The van der Waals surface area contributed by atoms with Crippen LogP contribution in [0.2, 0.25) is 0 Å². The lowest BCUT2D eigenvalue weighted by Gasteiger charge is -2.31. The summed E-state index contributed by atoms with van der Waals surface area (Å²) in [5.41, 5.74) is -0.972. The molecular weight excluding hydrogens is 228 g/mol. The number of likely N-dealkylation sites (tertiary alicyclic amines) is 1. The Hall–Kier alpha value is -1.37. The quantitative estimate of drug-likeness (QED) is 0.718. The van der Waals surface area contributed by atoms with E-state index in [1.54, 1.807) is 6.92 Å². The van der Waals surface area contributed by atoms with Gasteiger partial charge in [0, 0.05) is 0 Å². The number of amides is 2. The molecule has 0 radical (unpaired) electrons. The first kappa shape index (κ1) is 13.1. The first-order valence-corrected chi connectivity index (χ1v) is 6.77. The molecule has 3 atom stereocenters. The van der Waals surface area contributed by atoms with Gasteiger partial charge in [-0.3, -0.25) is 14.5 Å². The highest BCUT2D eigenvalue weighted by Gasteiger charge is 2.56. The van der Waals surface area contributed by atoms with Crippen molar-refractivity contribution in [1.29, 1.82) is 5.26 Å². The predicted molar refractivity (Wildman–Crippen MR) is 66.2 cm³/mol. The van der Waals surface area contributed by atoms with Crippen LogP contribution in [-0.4, -0.2) is 22.3 Å². The van der Waals surface area contributed by atoms with Gasteiger partial charge in [-0.25, -0.2) is 0 Å². The fraction of sp³-hybridized carbons (Fsp3) is 0.786. The van der Waals surface area contributed by atoms with Gasteiger partial charge in [-0.15, -0.1) is 0 Å². The molecule has 1 heterocycles. The average Bonchev–Trinajstić information content (AvgIpc) is 2.90. The highest BCUT2D eigenvalue weighted by molar-refractivity contribution is 6.06. The van der Waals surface area contributed by atoms with Gasteiger partial charge in [0.15, 0.2) is 0 Å². The second kappa shape index (κ2) is 4.38. The second-order valence-corrected chi connectivity index (χ2v) is 5.71. The zero-order valence-electron chi connectivity index (χ0n) is 11.3.